The minimum atomic E-state index is -1.04. The standard InChI is InChI=1S/C24H24F3N7O/c1-35-13-12-32-8-10-33(11-9-32)24-29-21(17-6-3-7-18(26)20(17)27)19-22(28)34(31-23(19)30-24)16-5-2-4-15(25)14-16/h2-7,14H,8-13,28H2,1H3. The Hall–Kier alpha value is -3.70. The normalized spacial score (nSPS) is 14.7. The molecule has 0 unspecified atom stereocenters. The highest BCUT2D eigenvalue weighted by molar-refractivity contribution is 5.99. The summed E-state index contributed by atoms with van der Waals surface area (Å²) in [6.07, 6.45) is 0. The molecule has 2 N–H and O–H groups in total. The number of fused-ring (bicyclic) bond motifs is 1. The highest BCUT2D eigenvalue weighted by Crippen LogP contribution is 2.35. The molecule has 0 saturated carbocycles. The molecule has 1 aliphatic heterocycles. The molecule has 2 aromatic carbocycles. The lowest BCUT2D eigenvalue weighted by Crippen LogP contribution is -2.47. The predicted octanol–water partition coefficient (Wildman–Crippen LogP) is 3.25. The average Bonchev–Trinajstić information content (AvgIpc) is 3.20. The Morgan fingerprint density at radius 1 is 1.00 bits per heavy atom. The van der Waals surface area contributed by atoms with Crippen LogP contribution in [0.1, 0.15) is 0 Å². The molecule has 1 fully saturated rings. The topological polar surface area (TPSA) is 85.3 Å². The summed E-state index contributed by atoms with van der Waals surface area (Å²) in [6, 6.07) is 9.63. The summed E-state index contributed by atoms with van der Waals surface area (Å²) in [7, 11) is 1.67. The van der Waals surface area contributed by atoms with Crippen LogP contribution in [0, 0.1) is 17.5 Å². The maximum absolute atomic E-state index is 14.9. The summed E-state index contributed by atoms with van der Waals surface area (Å²) in [6.45, 7) is 4.28. The third kappa shape index (κ3) is 4.40. The van der Waals surface area contributed by atoms with Crippen LogP contribution in [0.3, 0.4) is 0 Å². The Balaban J connectivity index is 1.63. The second-order valence-electron chi connectivity index (χ2n) is 8.27. The molecule has 0 aliphatic carbocycles. The lowest BCUT2D eigenvalue weighted by atomic mass is 10.1. The summed E-state index contributed by atoms with van der Waals surface area (Å²) in [5.41, 5.74) is 7.05. The zero-order chi connectivity index (χ0) is 24.5. The van der Waals surface area contributed by atoms with Gasteiger partial charge >= 0.3 is 0 Å². The molecule has 35 heavy (non-hydrogen) atoms. The van der Waals surface area contributed by atoms with Crippen molar-refractivity contribution >= 4 is 22.8 Å². The minimum absolute atomic E-state index is 0.0529. The van der Waals surface area contributed by atoms with Gasteiger partial charge in [0.05, 0.1) is 23.4 Å². The molecule has 0 spiro atoms. The van der Waals surface area contributed by atoms with Crippen LogP contribution in [0.15, 0.2) is 42.5 Å². The van der Waals surface area contributed by atoms with Gasteiger partial charge in [-0.15, -0.1) is 5.10 Å². The Morgan fingerprint density at radius 3 is 2.51 bits per heavy atom. The van der Waals surface area contributed by atoms with Crippen LogP contribution in [0.4, 0.5) is 24.9 Å². The van der Waals surface area contributed by atoms with E-state index < -0.39 is 17.5 Å². The van der Waals surface area contributed by atoms with Crippen molar-refractivity contribution in [2.24, 2.45) is 0 Å². The number of nitrogens with two attached hydrogens (primary N) is 1. The van der Waals surface area contributed by atoms with Crippen molar-refractivity contribution in [2.45, 2.75) is 0 Å². The van der Waals surface area contributed by atoms with E-state index in [1.807, 2.05) is 4.90 Å². The number of ether oxygens (including phenoxy) is 1. The molecule has 11 heteroatoms. The SMILES string of the molecule is COCCN1CCN(c2nc(-c3cccc(F)c3F)c3c(N)n(-c4cccc(F)c4)nc3n2)CC1. The number of aromatic nitrogens is 4. The Bertz CT molecular complexity index is 1370. The monoisotopic (exact) mass is 483 g/mol. The predicted molar refractivity (Wildman–Crippen MR) is 127 cm³/mol. The van der Waals surface area contributed by atoms with Crippen molar-refractivity contribution < 1.29 is 17.9 Å². The van der Waals surface area contributed by atoms with Crippen molar-refractivity contribution in [1.82, 2.24) is 24.6 Å². The van der Waals surface area contributed by atoms with Crippen molar-refractivity contribution in [3.8, 4) is 16.9 Å². The van der Waals surface area contributed by atoms with Gasteiger partial charge in [-0.2, -0.15) is 4.98 Å². The zero-order valence-corrected chi connectivity index (χ0v) is 19.1. The van der Waals surface area contributed by atoms with Gasteiger partial charge in [0, 0.05) is 45.4 Å². The average molecular weight is 483 g/mol. The number of piperazine rings is 1. The first-order valence-corrected chi connectivity index (χ1v) is 11.2. The van der Waals surface area contributed by atoms with E-state index in [1.54, 1.807) is 13.2 Å². The molecule has 182 valence electrons. The van der Waals surface area contributed by atoms with Gasteiger partial charge < -0.3 is 15.4 Å². The first kappa shape index (κ1) is 23.1. The molecule has 0 bridgehead atoms. The van der Waals surface area contributed by atoms with E-state index in [0.29, 0.717) is 31.3 Å². The number of rotatable bonds is 6. The lowest BCUT2D eigenvalue weighted by Gasteiger charge is -2.34. The third-order valence-electron chi connectivity index (χ3n) is 6.08. The van der Waals surface area contributed by atoms with Crippen LogP contribution in [0.25, 0.3) is 28.0 Å². The number of hydrogen-bond acceptors (Lipinski definition) is 7. The highest BCUT2D eigenvalue weighted by Gasteiger charge is 2.25. The summed E-state index contributed by atoms with van der Waals surface area (Å²) in [5, 5.41) is 4.74. The van der Waals surface area contributed by atoms with Crippen LogP contribution < -0.4 is 10.6 Å². The Labute approximate surface area is 199 Å². The third-order valence-corrected chi connectivity index (χ3v) is 6.08. The van der Waals surface area contributed by atoms with Gasteiger partial charge in [-0.3, -0.25) is 4.90 Å². The summed E-state index contributed by atoms with van der Waals surface area (Å²) >= 11 is 0. The molecule has 1 aliphatic rings. The van der Waals surface area contributed by atoms with Crippen molar-refractivity contribution in [1.29, 1.82) is 0 Å². The Morgan fingerprint density at radius 2 is 1.77 bits per heavy atom. The second-order valence-corrected chi connectivity index (χ2v) is 8.27. The molecule has 2 aromatic heterocycles. The molecule has 5 rings (SSSR count). The van der Waals surface area contributed by atoms with Crippen LogP contribution in [0.2, 0.25) is 0 Å². The van der Waals surface area contributed by atoms with Crippen molar-refractivity contribution in [3.63, 3.8) is 0 Å². The number of nitrogen functional groups attached to an aromatic ring is 1. The molecule has 3 heterocycles. The van der Waals surface area contributed by atoms with Gasteiger partial charge in [0.2, 0.25) is 5.95 Å². The maximum Gasteiger partial charge on any atom is 0.228 e. The summed E-state index contributed by atoms with van der Waals surface area (Å²) in [5.74, 6) is -2.07. The minimum Gasteiger partial charge on any atom is -0.383 e. The van der Waals surface area contributed by atoms with E-state index in [1.165, 1.54) is 35.0 Å². The van der Waals surface area contributed by atoms with E-state index >= 15 is 0 Å². The van der Waals surface area contributed by atoms with Crippen LogP contribution in [-0.2, 0) is 4.74 Å². The number of hydrogen-bond donors (Lipinski definition) is 1. The van der Waals surface area contributed by atoms with Gasteiger partial charge in [0.1, 0.15) is 11.6 Å². The Kier molecular flexibility index (Phi) is 6.27. The largest absolute Gasteiger partial charge is 0.383 e. The highest BCUT2D eigenvalue weighted by atomic mass is 19.2. The fraction of sp³-hybridized carbons (Fsp3) is 0.292. The van der Waals surface area contributed by atoms with Crippen molar-refractivity contribution in [2.75, 3.05) is 57.1 Å². The number of halogens is 3. The quantitative estimate of drug-likeness (QED) is 0.451. The van der Waals surface area contributed by atoms with Gasteiger partial charge in [0.15, 0.2) is 17.3 Å². The molecule has 1 saturated heterocycles. The molecular formula is C24H24F3N7O. The maximum atomic E-state index is 14.9. The number of anilines is 2. The molecule has 0 radical (unpaired) electrons. The van der Waals surface area contributed by atoms with Gasteiger partial charge in [0.25, 0.3) is 0 Å². The second kappa shape index (κ2) is 9.51. The first-order chi connectivity index (χ1) is 17.0. The van der Waals surface area contributed by atoms with Crippen LogP contribution >= 0.6 is 0 Å². The smallest absolute Gasteiger partial charge is 0.228 e. The van der Waals surface area contributed by atoms with E-state index in [2.05, 4.69) is 20.0 Å². The van der Waals surface area contributed by atoms with Crippen LogP contribution in [0.5, 0.6) is 0 Å². The van der Waals surface area contributed by atoms with E-state index in [4.69, 9.17) is 10.5 Å². The van der Waals surface area contributed by atoms with Crippen molar-refractivity contribution in [3.05, 3.63) is 59.9 Å². The fourth-order valence-corrected chi connectivity index (χ4v) is 4.22. The molecule has 0 amide bonds. The zero-order valence-electron chi connectivity index (χ0n) is 19.1. The molecule has 8 nitrogen and oxygen atoms in total. The van der Waals surface area contributed by atoms with Gasteiger partial charge in [-0.1, -0.05) is 12.1 Å². The lowest BCUT2D eigenvalue weighted by molar-refractivity contribution is 0.144. The number of methoxy groups -OCH3 is 1. The number of nitrogens with zero attached hydrogens (tertiary/aromatic N) is 6. The van der Waals surface area contributed by atoms with E-state index in [9.17, 15) is 13.2 Å². The van der Waals surface area contributed by atoms with Gasteiger partial charge in [-0.25, -0.2) is 22.8 Å². The van der Waals surface area contributed by atoms with Crippen LogP contribution in [-0.4, -0.2) is 71.1 Å². The summed E-state index contributed by atoms with van der Waals surface area (Å²) in [4.78, 5) is 13.5. The molecule has 0 atom stereocenters. The first-order valence-electron chi connectivity index (χ1n) is 11.2. The summed E-state index contributed by atoms with van der Waals surface area (Å²) < 4.78 is 49.4. The fourth-order valence-electron chi connectivity index (χ4n) is 4.22. The van der Waals surface area contributed by atoms with E-state index in [0.717, 1.165) is 25.7 Å². The van der Waals surface area contributed by atoms with E-state index in [-0.39, 0.29) is 28.1 Å². The molecular weight excluding hydrogens is 459 g/mol. The molecule has 4 aromatic rings. The van der Waals surface area contributed by atoms with Gasteiger partial charge in [-0.05, 0) is 30.3 Å². The number of benzene rings is 2.